The van der Waals surface area contributed by atoms with Gasteiger partial charge in [0.25, 0.3) is 0 Å². The molecule has 0 unspecified atom stereocenters. The Hall–Kier alpha value is -1.60. The Kier molecular flexibility index (Phi) is 2.94. The van der Waals surface area contributed by atoms with Crippen LogP contribution in [0.15, 0.2) is 17.5 Å². The zero-order chi connectivity index (χ0) is 13.5. The van der Waals surface area contributed by atoms with E-state index in [4.69, 9.17) is 0 Å². The van der Waals surface area contributed by atoms with E-state index in [0.29, 0.717) is 0 Å². The first kappa shape index (κ1) is 12.4. The van der Waals surface area contributed by atoms with Gasteiger partial charge in [0.15, 0.2) is 11.6 Å². The standard InChI is InChI=1S/C12H13N5S2/c1-12(2,3)9-8(19-17-14-9)11-13-10(15-16-11)7-5-4-6-18-7/h4-6H,1-3H3,(H,13,15,16). The van der Waals surface area contributed by atoms with Crippen LogP contribution in [0.25, 0.3) is 21.4 Å². The molecule has 3 heterocycles. The van der Waals surface area contributed by atoms with Crippen LogP contribution in [0.1, 0.15) is 26.5 Å². The van der Waals surface area contributed by atoms with Crippen LogP contribution in [0.5, 0.6) is 0 Å². The lowest BCUT2D eigenvalue weighted by atomic mass is 9.91. The molecule has 3 rings (SSSR count). The number of nitrogens with one attached hydrogen (secondary N) is 1. The second-order valence-electron chi connectivity index (χ2n) is 5.19. The molecule has 19 heavy (non-hydrogen) atoms. The van der Waals surface area contributed by atoms with Gasteiger partial charge in [0.2, 0.25) is 0 Å². The lowest BCUT2D eigenvalue weighted by Gasteiger charge is -2.15. The van der Waals surface area contributed by atoms with Crippen molar-refractivity contribution in [2.45, 2.75) is 26.2 Å². The summed E-state index contributed by atoms with van der Waals surface area (Å²) in [6, 6.07) is 4.00. The fourth-order valence-corrected chi connectivity index (χ4v) is 3.19. The fourth-order valence-electron chi connectivity index (χ4n) is 1.72. The zero-order valence-corrected chi connectivity index (χ0v) is 12.5. The van der Waals surface area contributed by atoms with E-state index in [-0.39, 0.29) is 5.41 Å². The lowest BCUT2D eigenvalue weighted by molar-refractivity contribution is 0.568. The van der Waals surface area contributed by atoms with Gasteiger partial charge in [-0.05, 0) is 23.0 Å². The topological polar surface area (TPSA) is 67.3 Å². The minimum Gasteiger partial charge on any atom is -0.258 e. The first-order valence-corrected chi connectivity index (χ1v) is 7.50. The molecule has 0 aliphatic carbocycles. The predicted octanol–water partition coefficient (Wildman–Crippen LogP) is 3.35. The molecule has 0 fully saturated rings. The van der Waals surface area contributed by atoms with Crippen molar-refractivity contribution in [3.8, 4) is 21.4 Å². The van der Waals surface area contributed by atoms with Gasteiger partial charge in [-0.3, -0.25) is 5.10 Å². The molecule has 0 aliphatic heterocycles. The second-order valence-corrected chi connectivity index (χ2v) is 6.89. The van der Waals surface area contributed by atoms with Crippen LogP contribution >= 0.6 is 22.9 Å². The van der Waals surface area contributed by atoms with Crippen molar-refractivity contribution in [1.82, 2.24) is 24.8 Å². The lowest BCUT2D eigenvalue weighted by Crippen LogP contribution is -2.13. The van der Waals surface area contributed by atoms with Crippen molar-refractivity contribution in [3.63, 3.8) is 0 Å². The van der Waals surface area contributed by atoms with Gasteiger partial charge in [0, 0.05) is 5.41 Å². The summed E-state index contributed by atoms with van der Waals surface area (Å²) < 4.78 is 4.04. The van der Waals surface area contributed by atoms with Crippen LogP contribution in [0, 0.1) is 0 Å². The molecule has 5 nitrogen and oxygen atoms in total. The smallest absolute Gasteiger partial charge is 0.191 e. The van der Waals surface area contributed by atoms with Gasteiger partial charge < -0.3 is 0 Å². The molecular weight excluding hydrogens is 278 g/mol. The highest BCUT2D eigenvalue weighted by atomic mass is 32.1. The zero-order valence-electron chi connectivity index (χ0n) is 10.8. The van der Waals surface area contributed by atoms with E-state index in [0.717, 1.165) is 27.1 Å². The maximum atomic E-state index is 4.54. The summed E-state index contributed by atoms with van der Waals surface area (Å²) in [5.41, 5.74) is 0.893. The van der Waals surface area contributed by atoms with Crippen molar-refractivity contribution in [3.05, 3.63) is 23.2 Å². The molecule has 7 heteroatoms. The van der Waals surface area contributed by atoms with E-state index in [1.807, 2.05) is 17.5 Å². The number of aromatic amines is 1. The van der Waals surface area contributed by atoms with Crippen LogP contribution < -0.4 is 0 Å². The summed E-state index contributed by atoms with van der Waals surface area (Å²) in [5.74, 6) is 1.46. The fraction of sp³-hybridized carbons (Fsp3) is 0.333. The van der Waals surface area contributed by atoms with Gasteiger partial charge in [-0.1, -0.05) is 31.3 Å². The molecule has 0 saturated heterocycles. The third kappa shape index (κ3) is 2.31. The number of hydrogen-bond donors (Lipinski definition) is 1. The van der Waals surface area contributed by atoms with E-state index < -0.39 is 0 Å². The average molecular weight is 291 g/mol. The average Bonchev–Trinajstić information content (AvgIpc) is 3.09. The van der Waals surface area contributed by atoms with Gasteiger partial charge in [-0.2, -0.15) is 5.10 Å². The summed E-state index contributed by atoms with van der Waals surface area (Å²) >= 11 is 2.97. The molecule has 3 aromatic rings. The Labute approximate surface area is 118 Å². The number of rotatable bonds is 2. The van der Waals surface area contributed by atoms with Gasteiger partial charge in [-0.25, -0.2) is 4.98 Å². The number of aromatic nitrogens is 5. The molecule has 0 bridgehead atoms. The summed E-state index contributed by atoms with van der Waals surface area (Å²) in [6.45, 7) is 6.34. The van der Waals surface area contributed by atoms with Crippen molar-refractivity contribution < 1.29 is 0 Å². The maximum absolute atomic E-state index is 4.54. The van der Waals surface area contributed by atoms with E-state index in [2.05, 4.69) is 45.5 Å². The molecule has 0 saturated carbocycles. The Morgan fingerprint density at radius 2 is 2.11 bits per heavy atom. The summed E-state index contributed by atoms with van der Waals surface area (Å²) in [5, 5.41) is 13.5. The molecule has 0 aliphatic rings. The first-order valence-electron chi connectivity index (χ1n) is 5.85. The third-order valence-corrected chi connectivity index (χ3v) is 4.24. The number of H-pyrrole nitrogens is 1. The van der Waals surface area contributed by atoms with E-state index in [9.17, 15) is 0 Å². The van der Waals surface area contributed by atoms with Crippen LogP contribution in [-0.2, 0) is 5.41 Å². The quantitative estimate of drug-likeness (QED) is 0.786. The number of thiophene rings is 1. The Bertz CT molecular complexity index is 675. The van der Waals surface area contributed by atoms with Crippen LogP contribution in [0.2, 0.25) is 0 Å². The Balaban J connectivity index is 2.02. The van der Waals surface area contributed by atoms with Crippen LogP contribution in [0.3, 0.4) is 0 Å². The largest absolute Gasteiger partial charge is 0.258 e. The molecule has 0 aromatic carbocycles. The maximum Gasteiger partial charge on any atom is 0.191 e. The van der Waals surface area contributed by atoms with Crippen molar-refractivity contribution in [1.29, 1.82) is 0 Å². The Morgan fingerprint density at radius 1 is 1.26 bits per heavy atom. The number of hydrogen-bond acceptors (Lipinski definition) is 6. The highest BCUT2D eigenvalue weighted by Crippen LogP contribution is 2.33. The Morgan fingerprint density at radius 3 is 2.79 bits per heavy atom. The predicted molar refractivity (Wildman–Crippen MR) is 77.3 cm³/mol. The molecule has 1 N–H and O–H groups in total. The molecule has 0 atom stereocenters. The van der Waals surface area contributed by atoms with Gasteiger partial charge in [-0.15, -0.1) is 16.4 Å². The molecule has 98 valence electrons. The van der Waals surface area contributed by atoms with Crippen LogP contribution in [0.4, 0.5) is 0 Å². The molecule has 0 spiro atoms. The summed E-state index contributed by atoms with van der Waals surface area (Å²) in [7, 11) is 0. The van der Waals surface area contributed by atoms with Crippen LogP contribution in [-0.4, -0.2) is 24.8 Å². The minimum absolute atomic E-state index is 0.0573. The van der Waals surface area contributed by atoms with Crippen molar-refractivity contribution in [2.24, 2.45) is 0 Å². The highest BCUT2D eigenvalue weighted by Gasteiger charge is 2.25. The highest BCUT2D eigenvalue weighted by molar-refractivity contribution is 7.13. The van der Waals surface area contributed by atoms with Crippen molar-refractivity contribution >= 4 is 22.9 Å². The van der Waals surface area contributed by atoms with Gasteiger partial charge in [0.05, 0.1) is 10.6 Å². The second kappa shape index (κ2) is 4.50. The van der Waals surface area contributed by atoms with Gasteiger partial charge in [0.1, 0.15) is 4.88 Å². The molecule has 0 amide bonds. The third-order valence-electron chi connectivity index (χ3n) is 2.64. The normalized spacial score (nSPS) is 11.9. The molecule has 0 radical (unpaired) electrons. The van der Waals surface area contributed by atoms with E-state index in [1.54, 1.807) is 11.3 Å². The summed E-state index contributed by atoms with van der Waals surface area (Å²) in [6.07, 6.45) is 0. The SMILES string of the molecule is CC(C)(C)c1nnsc1-c1nc(-c2cccs2)n[nH]1. The summed E-state index contributed by atoms with van der Waals surface area (Å²) in [4.78, 5) is 6.56. The number of nitrogens with zero attached hydrogens (tertiary/aromatic N) is 4. The monoisotopic (exact) mass is 291 g/mol. The molecular formula is C12H13N5S2. The van der Waals surface area contributed by atoms with E-state index >= 15 is 0 Å². The van der Waals surface area contributed by atoms with Gasteiger partial charge >= 0.3 is 0 Å². The van der Waals surface area contributed by atoms with Crippen molar-refractivity contribution in [2.75, 3.05) is 0 Å². The first-order chi connectivity index (χ1) is 9.05. The molecule has 3 aromatic heterocycles. The van der Waals surface area contributed by atoms with E-state index in [1.165, 1.54) is 11.5 Å². The minimum atomic E-state index is -0.0573.